The van der Waals surface area contributed by atoms with E-state index >= 15 is 0 Å². The van der Waals surface area contributed by atoms with Crippen LogP contribution >= 0.6 is 0 Å². The van der Waals surface area contributed by atoms with Crippen molar-refractivity contribution in [3.05, 3.63) is 0 Å². The lowest BCUT2D eigenvalue weighted by Gasteiger charge is -2.20. The minimum Gasteiger partial charge on any atom is -0.450 e. The molecule has 1 heterocycles. The minimum atomic E-state index is -1.21. The van der Waals surface area contributed by atoms with Gasteiger partial charge in [-0.1, -0.05) is 0 Å². The summed E-state index contributed by atoms with van der Waals surface area (Å²) < 4.78 is 9.48. The molecule has 1 aliphatic heterocycles. The van der Waals surface area contributed by atoms with Crippen molar-refractivity contribution in [1.29, 1.82) is 0 Å². The lowest BCUT2D eigenvalue weighted by molar-refractivity contribution is -0.0323. The topological polar surface area (TPSA) is 55.8 Å². The third-order valence-corrected chi connectivity index (χ3v) is 1.39. The summed E-state index contributed by atoms with van der Waals surface area (Å²) in [5.74, 6) is 0. The predicted molar refractivity (Wildman–Crippen MR) is 33.0 cm³/mol. The van der Waals surface area contributed by atoms with Gasteiger partial charge in [0.05, 0.1) is 6.61 Å². The van der Waals surface area contributed by atoms with Crippen LogP contribution in [0, 0.1) is 0 Å². The predicted octanol–water partition coefficient (Wildman–Crippen LogP) is 0.860. The van der Waals surface area contributed by atoms with Crippen molar-refractivity contribution < 1.29 is 19.4 Å². The molecular formula is C6H10O4. The average Bonchev–Trinajstić information content (AvgIpc) is 1.88. The Morgan fingerprint density at radius 1 is 1.70 bits per heavy atom. The maximum atomic E-state index is 9.99. The van der Waals surface area contributed by atoms with Crippen LogP contribution in [0.25, 0.3) is 0 Å². The van der Waals surface area contributed by atoms with E-state index in [1.807, 2.05) is 0 Å². The van der Waals surface area contributed by atoms with Crippen LogP contribution in [0.1, 0.15) is 12.8 Å². The summed E-state index contributed by atoms with van der Waals surface area (Å²) in [6.45, 7) is 1.13. The van der Waals surface area contributed by atoms with Crippen LogP contribution in [0.2, 0.25) is 0 Å². The Balaban J connectivity index is 2.19. The van der Waals surface area contributed by atoms with Gasteiger partial charge in [0.2, 0.25) is 0 Å². The third kappa shape index (κ3) is 2.23. The third-order valence-electron chi connectivity index (χ3n) is 1.39. The first-order chi connectivity index (χ1) is 4.79. The van der Waals surface area contributed by atoms with Gasteiger partial charge in [-0.2, -0.15) is 0 Å². The molecule has 0 amide bonds. The number of carbonyl (C=O) groups is 1. The van der Waals surface area contributed by atoms with Gasteiger partial charge in [-0.15, -0.1) is 0 Å². The Morgan fingerprint density at radius 3 is 3.00 bits per heavy atom. The summed E-state index contributed by atoms with van der Waals surface area (Å²) >= 11 is 0. The summed E-state index contributed by atoms with van der Waals surface area (Å²) in [6.07, 6.45) is 0.214. The van der Waals surface area contributed by atoms with Crippen LogP contribution in [0.3, 0.4) is 0 Å². The Kier molecular flexibility index (Phi) is 2.50. The van der Waals surface area contributed by atoms with Gasteiger partial charge in [-0.05, 0) is 12.8 Å². The normalized spacial score (nSPS) is 25.8. The summed E-state index contributed by atoms with van der Waals surface area (Å²) in [4.78, 5) is 9.99. The molecule has 58 valence electrons. The second-order valence-electron chi connectivity index (χ2n) is 2.22. The fraction of sp³-hybridized carbons (Fsp3) is 0.833. The van der Waals surface area contributed by atoms with Crippen molar-refractivity contribution in [3.8, 4) is 0 Å². The zero-order valence-electron chi connectivity index (χ0n) is 5.58. The van der Waals surface area contributed by atoms with E-state index in [0.29, 0.717) is 6.61 Å². The highest BCUT2D eigenvalue weighted by molar-refractivity contribution is 5.57. The molecule has 1 unspecified atom stereocenters. The number of ether oxygens (including phenoxy) is 2. The second-order valence-corrected chi connectivity index (χ2v) is 2.22. The fourth-order valence-electron chi connectivity index (χ4n) is 0.947. The molecule has 10 heavy (non-hydrogen) atoms. The zero-order valence-corrected chi connectivity index (χ0v) is 5.58. The van der Waals surface area contributed by atoms with Crippen molar-refractivity contribution in [3.63, 3.8) is 0 Å². The monoisotopic (exact) mass is 146 g/mol. The Bertz CT molecular complexity index is 117. The highest BCUT2D eigenvalue weighted by Gasteiger charge is 2.16. The van der Waals surface area contributed by atoms with E-state index < -0.39 is 6.16 Å². The summed E-state index contributed by atoms with van der Waals surface area (Å²) in [6, 6.07) is 0. The largest absolute Gasteiger partial charge is 0.506 e. The maximum absolute atomic E-state index is 9.99. The first-order valence-electron chi connectivity index (χ1n) is 3.26. The number of hydrogen-bond acceptors (Lipinski definition) is 3. The highest BCUT2D eigenvalue weighted by Crippen LogP contribution is 2.09. The van der Waals surface area contributed by atoms with Crippen molar-refractivity contribution in [2.45, 2.75) is 18.9 Å². The summed E-state index contributed by atoms with van der Waals surface area (Å²) in [5.41, 5.74) is 0. The summed E-state index contributed by atoms with van der Waals surface area (Å²) in [5, 5.41) is 8.19. The fourth-order valence-corrected chi connectivity index (χ4v) is 0.947. The smallest absolute Gasteiger partial charge is 0.450 e. The number of hydrogen-bond donors (Lipinski definition) is 1. The Labute approximate surface area is 58.7 Å². The quantitative estimate of drug-likeness (QED) is 0.557. The molecule has 1 N–H and O–H groups in total. The molecular weight excluding hydrogens is 136 g/mol. The van der Waals surface area contributed by atoms with Gasteiger partial charge in [0.1, 0.15) is 6.10 Å². The standard InChI is InChI=1S/C6H10O4/c7-6(8)10-5-2-1-3-9-4-5/h5H,1-4H2,(H,7,8). The molecule has 0 aromatic rings. The minimum absolute atomic E-state index is 0.244. The lowest BCUT2D eigenvalue weighted by atomic mass is 10.2. The molecule has 0 aromatic carbocycles. The zero-order chi connectivity index (χ0) is 7.40. The molecule has 4 nitrogen and oxygen atoms in total. The van der Waals surface area contributed by atoms with Crippen LogP contribution in [0.5, 0.6) is 0 Å². The SMILES string of the molecule is O=C(O)OC1CCCOC1. The Morgan fingerprint density at radius 2 is 2.50 bits per heavy atom. The molecule has 0 aromatic heterocycles. The molecule has 4 heteroatoms. The van der Waals surface area contributed by atoms with E-state index in [4.69, 9.17) is 9.84 Å². The van der Waals surface area contributed by atoms with Crippen molar-refractivity contribution in [2.75, 3.05) is 13.2 Å². The molecule has 0 saturated carbocycles. The van der Waals surface area contributed by atoms with Gasteiger partial charge in [0.15, 0.2) is 0 Å². The molecule has 1 aliphatic rings. The lowest BCUT2D eigenvalue weighted by Crippen LogP contribution is -2.27. The van der Waals surface area contributed by atoms with E-state index in [-0.39, 0.29) is 6.10 Å². The van der Waals surface area contributed by atoms with E-state index in [9.17, 15) is 4.79 Å². The van der Waals surface area contributed by atoms with Crippen molar-refractivity contribution in [2.24, 2.45) is 0 Å². The van der Waals surface area contributed by atoms with Gasteiger partial charge < -0.3 is 14.6 Å². The van der Waals surface area contributed by atoms with Crippen LogP contribution in [-0.4, -0.2) is 30.6 Å². The average molecular weight is 146 g/mol. The molecule has 1 saturated heterocycles. The van der Waals surface area contributed by atoms with E-state index in [2.05, 4.69) is 4.74 Å². The molecule has 0 radical (unpaired) electrons. The van der Waals surface area contributed by atoms with Gasteiger partial charge >= 0.3 is 6.16 Å². The molecule has 1 rings (SSSR count). The molecule has 1 fully saturated rings. The van der Waals surface area contributed by atoms with E-state index in [1.54, 1.807) is 0 Å². The molecule has 0 spiro atoms. The van der Waals surface area contributed by atoms with Gasteiger partial charge in [-0.3, -0.25) is 0 Å². The first-order valence-corrected chi connectivity index (χ1v) is 3.26. The second kappa shape index (κ2) is 3.41. The number of carboxylic acid groups (broad SMARTS) is 1. The van der Waals surface area contributed by atoms with Gasteiger partial charge in [0.25, 0.3) is 0 Å². The van der Waals surface area contributed by atoms with Crippen molar-refractivity contribution >= 4 is 6.16 Å². The van der Waals surface area contributed by atoms with E-state index in [1.165, 1.54) is 0 Å². The highest BCUT2D eigenvalue weighted by atomic mass is 16.7. The first kappa shape index (κ1) is 7.34. The van der Waals surface area contributed by atoms with Gasteiger partial charge in [-0.25, -0.2) is 4.79 Å². The summed E-state index contributed by atoms with van der Waals surface area (Å²) in [7, 11) is 0. The van der Waals surface area contributed by atoms with Crippen molar-refractivity contribution in [1.82, 2.24) is 0 Å². The molecule has 1 atom stereocenters. The Hall–Kier alpha value is -0.770. The van der Waals surface area contributed by atoms with Crippen LogP contribution in [0.15, 0.2) is 0 Å². The number of rotatable bonds is 1. The van der Waals surface area contributed by atoms with Crippen LogP contribution < -0.4 is 0 Å². The molecule has 0 aliphatic carbocycles. The van der Waals surface area contributed by atoms with Gasteiger partial charge in [0, 0.05) is 6.61 Å². The molecule has 0 bridgehead atoms. The van der Waals surface area contributed by atoms with E-state index in [0.717, 1.165) is 19.4 Å². The van der Waals surface area contributed by atoms with Crippen LogP contribution in [-0.2, 0) is 9.47 Å². The maximum Gasteiger partial charge on any atom is 0.506 e. The van der Waals surface area contributed by atoms with Crippen LogP contribution in [0.4, 0.5) is 4.79 Å².